The minimum absolute atomic E-state index is 0.117. The number of halogens is 2. The second-order valence-electron chi connectivity index (χ2n) is 6.79. The van der Waals surface area contributed by atoms with Crippen LogP contribution in [-0.2, 0) is 0 Å². The molecule has 26 heavy (non-hydrogen) atoms. The molecular weight excluding hydrogens is 338 g/mol. The molecular formula is C20H22F2N2O2. The molecule has 0 aromatic heterocycles. The van der Waals surface area contributed by atoms with Crippen molar-refractivity contribution in [1.82, 2.24) is 4.90 Å². The fourth-order valence-corrected chi connectivity index (χ4v) is 3.20. The van der Waals surface area contributed by atoms with E-state index >= 15 is 0 Å². The molecule has 6 heteroatoms. The molecule has 3 rings (SSSR count). The van der Waals surface area contributed by atoms with Crippen LogP contribution in [-0.4, -0.2) is 37.0 Å². The number of anilines is 1. The molecule has 1 amide bonds. The van der Waals surface area contributed by atoms with Gasteiger partial charge in [-0.25, -0.2) is 8.78 Å². The Hall–Kier alpha value is -2.47. The van der Waals surface area contributed by atoms with Gasteiger partial charge < -0.3 is 15.0 Å². The Balaban J connectivity index is 1.68. The van der Waals surface area contributed by atoms with E-state index in [1.54, 1.807) is 18.2 Å². The van der Waals surface area contributed by atoms with E-state index in [2.05, 4.69) is 24.2 Å². The average Bonchev–Trinajstić information content (AvgIpc) is 2.57. The molecule has 0 spiro atoms. The van der Waals surface area contributed by atoms with Crippen LogP contribution in [0.15, 0.2) is 42.5 Å². The highest BCUT2D eigenvalue weighted by atomic mass is 19.1. The van der Waals surface area contributed by atoms with Gasteiger partial charge in [-0.15, -0.1) is 0 Å². The number of rotatable bonds is 4. The van der Waals surface area contributed by atoms with Gasteiger partial charge >= 0.3 is 0 Å². The van der Waals surface area contributed by atoms with Crippen molar-refractivity contribution < 1.29 is 18.3 Å². The van der Waals surface area contributed by atoms with Crippen LogP contribution in [0, 0.1) is 17.6 Å². The molecule has 1 aliphatic rings. The van der Waals surface area contributed by atoms with Crippen LogP contribution in [0.2, 0.25) is 0 Å². The van der Waals surface area contributed by atoms with Crippen LogP contribution in [0.1, 0.15) is 23.7 Å². The Bertz CT molecular complexity index is 797. The minimum atomic E-state index is -0.893. The van der Waals surface area contributed by atoms with E-state index in [1.165, 1.54) is 0 Å². The zero-order valence-electron chi connectivity index (χ0n) is 14.8. The van der Waals surface area contributed by atoms with Crippen molar-refractivity contribution in [2.45, 2.75) is 19.4 Å². The topological polar surface area (TPSA) is 41.6 Å². The van der Waals surface area contributed by atoms with Crippen LogP contribution >= 0.6 is 0 Å². The molecule has 2 atom stereocenters. The van der Waals surface area contributed by atoms with Crippen molar-refractivity contribution in [1.29, 1.82) is 0 Å². The molecule has 2 aromatic carbocycles. The van der Waals surface area contributed by atoms with E-state index in [9.17, 15) is 13.6 Å². The zero-order valence-corrected chi connectivity index (χ0v) is 14.8. The van der Waals surface area contributed by atoms with Crippen LogP contribution < -0.4 is 10.1 Å². The summed E-state index contributed by atoms with van der Waals surface area (Å²) in [7, 11) is 2.09. The number of nitrogens with zero attached hydrogens (tertiary/aromatic N) is 1. The van der Waals surface area contributed by atoms with Crippen molar-refractivity contribution in [3.05, 3.63) is 59.7 Å². The third kappa shape index (κ3) is 4.38. The smallest absolute Gasteiger partial charge is 0.258 e. The minimum Gasteiger partial charge on any atom is -0.490 e. The highest BCUT2D eigenvalue weighted by Gasteiger charge is 2.25. The van der Waals surface area contributed by atoms with Gasteiger partial charge in [0.25, 0.3) is 5.91 Å². The quantitative estimate of drug-likeness (QED) is 0.898. The SMILES string of the molecule is CC1CN(C)CCC1Oc1cccc(NC(=O)c2ccc(F)cc2F)c1. The lowest BCUT2D eigenvalue weighted by atomic mass is 9.97. The van der Waals surface area contributed by atoms with Crippen LogP contribution in [0.25, 0.3) is 0 Å². The van der Waals surface area contributed by atoms with Gasteiger partial charge in [0.05, 0.1) is 5.56 Å². The van der Waals surface area contributed by atoms with Gasteiger partial charge in [0.2, 0.25) is 0 Å². The van der Waals surface area contributed by atoms with Gasteiger partial charge in [0.15, 0.2) is 0 Å². The van der Waals surface area contributed by atoms with Crippen LogP contribution in [0.3, 0.4) is 0 Å². The fraction of sp³-hybridized carbons (Fsp3) is 0.350. The van der Waals surface area contributed by atoms with Crippen LogP contribution in [0.4, 0.5) is 14.5 Å². The molecule has 1 N–H and O–H groups in total. The summed E-state index contributed by atoms with van der Waals surface area (Å²) in [4.78, 5) is 14.5. The first-order chi connectivity index (χ1) is 12.4. The highest BCUT2D eigenvalue weighted by Crippen LogP contribution is 2.25. The predicted octanol–water partition coefficient (Wildman–Crippen LogP) is 3.94. The largest absolute Gasteiger partial charge is 0.490 e. The number of carbonyl (C=O) groups is 1. The van der Waals surface area contributed by atoms with Crippen molar-refractivity contribution in [3.63, 3.8) is 0 Å². The summed E-state index contributed by atoms with van der Waals surface area (Å²) >= 11 is 0. The first kappa shape index (κ1) is 18.3. The number of nitrogens with one attached hydrogen (secondary N) is 1. The molecule has 0 aliphatic carbocycles. The zero-order chi connectivity index (χ0) is 18.7. The first-order valence-electron chi connectivity index (χ1n) is 8.64. The van der Waals surface area contributed by atoms with Crippen molar-refractivity contribution in [3.8, 4) is 5.75 Å². The lowest BCUT2D eigenvalue weighted by Crippen LogP contribution is -2.42. The molecule has 0 saturated carbocycles. The fourth-order valence-electron chi connectivity index (χ4n) is 3.20. The number of hydrogen-bond donors (Lipinski definition) is 1. The average molecular weight is 360 g/mol. The summed E-state index contributed by atoms with van der Waals surface area (Å²) in [6, 6.07) is 9.88. The Morgan fingerprint density at radius 3 is 2.77 bits per heavy atom. The molecule has 2 aromatic rings. The predicted molar refractivity (Wildman–Crippen MR) is 96.4 cm³/mol. The summed E-state index contributed by atoms with van der Waals surface area (Å²) in [5, 5.41) is 2.62. The van der Waals surface area contributed by atoms with Gasteiger partial charge in [0, 0.05) is 36.8 Å². The summed E-state index contributed by atoms with van der Waals surface area (Å²) in [6.07, 6.45) is 1.06. The maximum absolute atomic E-state index is 13.7. The van der Waals surface area contributed by atoms with E-state index in [0.29, 0.717) is 23.4 Å². The third-order valence-electron chi connectivity index (χ3n) is 4.58. The maximum atomic E-state index is 13.7. The molecule has 0 bridgehead atoms. The lowest BCUT2D eigenvalue weighted by Gasteiger charge is -2.34. The van der Waals surface area contributed by atoms with Crippen molar-refractivity contribution >= 4 is 11.6 Å². The molecule has 1 saturated heterocycles. The second-order valence-corrected chi connectivity index (χ2v) is 6.79. The number of ether oxygens (including phenoxy) is 1. The van der Waals surface area contributed by atoms with Gasteiger partial charge in [0.1, 0.15) is 23.5 Å². The standard InChI is InChI=1S/C20H22F2N2O2/c1-13-12-24(2)9-8-19(13)26-16-5-3-4-15(11-16)23-20(25)17-7-6-14(21)10-18(17)22/h3-7,10-11,13,19H,8-9,12H2,1-2H3,(H,23,25). The molecule has 1 aliphatic heterocycles. The molecule has 1 heterocycles. The summed E-state index contributed by atoms with van der Waals surface area (Å²) in [5.41, 5.74) is 0.290. The van der Waals surface area contributed by atoms with Gasteiger partial charge in [-0.05, 0) is 37.7 Å². The number of piperidine rings is 1. The summed E-state index contributed by atoms with van der Waals surface area (Å²) in [5.74, 6) is -1.19. The second kappa shape index (κ2) is 7.83. The van der Waals surface area contributed by atoms with E-state index in [-0.39, 0.29) is 11.7 Å². The lowest BCUT2D eigenvalue weighted by molar-refractivity contribution is 0.0640. The molecule has 1 fully saturated rings. The van der Waals surface area contributed by atoms with Crippen molar-refractivity contribution in [2.24, 2.45) is 5.92 Å². The molecule has 138 valence electrons. The van der Waals surface area contributed by atoms with Crippen molar-refractivity contribution in [2.75, 3.05) is 25.5 Å². The number of amides is 1. The monoisotopic (exact) mass is 360 g/mol. The van der Waals surface area contributed by atoms with E-state index in [1.807, 2.05) is 6.07 Å². The number of hydrogen-bond acceptors (Lipinski definition) is 3. The Kier molecular flexibility index (Phi) is 5.52. The maximum Gasteiger partial charge on any atom is 0.258 e. The van der Waals surface area contributed by atoms with Gasteiger partial charge in [-0.2, -0.15) is 0 Å². The van der Waals surface area contributed by atoms with Gasteiger partial charge in [-0.3, -0.25) is 4.79 Å². The summed E-state index contributed by atoms with van der Waals surface area (Å²) < 4.78 is 32.8. The molecule has 2 unspecified atom stereocenters. The Labute approximate surface area is 151 Å². The normalized spacial score (nSPS) is 20.6. The molecule has 4 nitrogen and oxygen atoms in total. The number of benzene rings is 2. The number of likely N-dealkylation sites (tertiary alicyclic amines) is 1. The Morgan fingerprint density at radius 2 is 2.04 bits per heavy atom. The number of carbonyl (C=O) groups excluding carboxylic acids is 1. The van der Waals surface area contributed by atoms with E-state index in [0.717, 1.165) is 31.6 Å². The van der Waals surface area contributed by atoms with Gasteiger partial charge in [-0.1, -0.05) is 13.0 Å². The first-order valence-corrected chi connectivity index (χ1v) is 8.64. The Morgan fingerprint density at radius 1 is 1.23 bits per heavy atom. The third-order valence-corrected chi connectivity index (χ3v) is 4.58. The molecule has 0 radical (unpaired) electrons. The van der Waals surface area contributed by atoms with E-state index < -0.39 is 17.5 Å². The highest BCUT2D eigenvalue weighted by molar-refractivity contribution is 6.04. The van der Waals surface area contributed by atoms with Crippen LogP contribution in [0.5, 0.6) is 5.75 Å². The summed E-state index contributed by atoms with van der Waals surface area (Å²) in [6.45, 7) is 4.11. The van der Waals surface area contributed by atoms with E-state index in [4.69, 9.17) is 4.74 Å².